The summed E-state index contributed by atoms with van der Waals surface area (Å²) in [6, 6.07) is 16.4. The summed E-state index contributed by atoms with van der Waals surface area (Å²) in [4.78, 5) is 26.2. The van der Waals surface area contributed by atoms with Crippen molar-refractivity contribution < 1.29 is 4.79 Å². The predicted molar refractivity (Wildman–Crippen MR) is 120 cm³/mol. The average Bonchev–Trinajstić information content (AvgIpc) is 2.68. The molecule has 150 valence electrons. The van der Waals surface area contributed by atoms with Crippen molar-refractivity contribution >= 4 is 23.2 Å². The molecule has 5 heteroatoms. The molecule has 3 rings (SSSR count). The molecule has 29 heavy (non-hydrogen) atoms. The van der Waals surface area contributed by atoms with Gasteiger partial charge < -0.3 is 9.88 Å². The summed E-state index contributed by atoms with van der Waals surface area (Å²) in [5.41, 5.74) is 3.73. The molecule has 0 saturated carbocycles. The van der Waals surface area contributed by atoms with Gasteiger partial charge in [-0.2, -0.15) is 0 Å². The Kier molecular flexibility index (Phi) is 6.55. The van der Waals surface area contributed by atoms with Crippen molar-refractivity contribution in [2.24, 2.45) is 0 Å². The van der Waals surface area contributed by atoms with Gasteiger partial charge in [0.25, 0.3) is 5.91 Å². The van der Waals surface area contributed by atoms with Gasteiger partial charge in [0.2, 0.25) is 0 Å². The molecule has 0 unspecified atom stereocenters. The molecule has 0 spiro atoms. The van der Waals surface area contributed by atoms with Crippen LogP contribution in [0.3, 0.4) is 0 Å². The van der Waals surface area contributed by atoms with E-state index in [9.17, 15) is 9.59 Å². The molecular formula is C24H25ClN2O2. The number of pyridine rings is 1. The highest BCUT2D eigenvalue weighted by molar-refractivity contribution is 6.34. The number of aryl methyl sites for hydroxylation is 2. The normalized spacial score (nSPS) is 10.8. The molecule has 0 saturated heterocycles. The Morgan fingerprint density at radius 3 is 2.52 bits per heavy atom. The monoisotopic (exact) mass is 408 g/mol. The third-order valence-electron chi connectivity index (χ3n) is 4.89. The number of aromatic nitrogens is 1. The second-order valence-electron chi connectivity index (χ2n) is 7.18. The van der Waals surface area contributed by atoms with Crippen molar-refractivity contribution in [3.05, 3.63) is 86.7 Å². The van der Waals surface area contributed by atoms with Crippen molar-refractivity contribution in [2.75, 3.05) is 5.32 Å². The van der Waals surface area contributed by atoms with Crippen molar-refractivity contribution in [3.8, 4) is 11.3 Å². The summed E-state index contributed by atoms with van der Waals surface area (Å²) >= 11 is 6.20. The summed E-state index contributed by atoms with van der Waals surface area (Å²) in [5, 5.41) is 3.24. The number of nitrogens with zero attached hydrogens (tertiary/aromatic N) is 1. The maximum atomic E-state index is 13.2. The Morgan fingerprint density at radius 1 is 1.07 bits per heavy atom. The number of hydrogen-bond donors (Lipinski definition) is 1. The summed E-state index contributed by atoms with van der Waals surface area (Å²) in [5.74, 6) is -0.454. The first-order valence-electron chi connectivity index (χ1n) is 9.79. The van der Waals surface area contributed by atoms with Gasteiger partial charge in [-0.3, -0.25) is 9.59 Å². The van der Waals surface area contributed by atoms with Gasteiger partial charge in [-0.05, 0) is 44.0 Å². The van der Waals surface area contributed by atoms with Gasteiger partial charge in [0, 0.05) is 18.3 Å². The quantitative estimate of drug-likeness (QED) is 0.557. The Balaban J connectivity index is 2.21. The molecular weight excluding hydrogens is 384 g/mol. The van der Waals surface area contributed by atoms with E-state index in [1.807, 2.05) is 38.1 Å². The van der Waals surface area contributed by atoms with Crippen LogP contribution < -0.4 is 10.7 Å². The maximum Gasteiger partial charge on any atom is 0.261 e. The van der Waals surface area contributed by atoms with Crippen LogP contribution >= 0.6 is 11.6 Å². The predicted octanol–water partition coefficient (Wildman–Crippen LogP) is 5.84. The van der Waals surface area contributed by atoms with Gasteiger partial charge in [0.05, 0.1) is 16.4 Å². The molecule has 0 atom stereocenters. The molecule has 0 fully saturated rings. The molecule has 1 N–H and O–H groups in total. The molecule has 1 aromatic heterocycles. The van der Waals surface area contributed by atoms with E-state index in [-0.39, 0.29) is 11.0 Å². The van der Waals surface area contributed by atoms with Gasteiger partial charge in [0.1, 0.15) is 5.56 Å². The number of unbranched alkanes of at least 4 members (excludes halogenated alkanes) is 1. The van der Waals surface area contributed by atoms with Crippen LogP contribution in [0, 0.1) is 13.8 Å². The van der Waals surface area contributed by atoms with Crippen molar-refractivity contribution in [1.29, 1.82) is 0 Å². The number of carbonyl (C=O) groups excluding carboxylic acids is 1. The number of rotatable bonds is 6. The molecule has 1 amide bonds. The van der Waals surface area contributed by atoms with Crippen LogP contribution in [0.4, 0.5) is 5.69 Å². The maximum absolute atomic E-state index is 13.2. The van der Waals surface area contributed by atoms with E-state index in [4.69, 9.17) is 11.6 Å². The van der Waals surface area contributed by atoms with Gasteiger partial charge in [-0.15, -0.1) is 0 Å². The number of nitrogens with one attached hydrogen (secondary N) is 1. The van der Waals surface area contributed by atoms with E-state index in [0.717, 1.165) is 36.2 Å². The zero-order valence-electron chi connectivity index (χ0n) is 17.0. The Morgan fingerprint density at radius 2 is 1.83 bits per heavy atom. The molecule has 0 radical (unpaired) electrons. The van der Waals surface area contributed by atoms with Crippen molar-refractivity contribution in [1.82, 2.24) is 4.57 Å². The smallest absolute Gasteiger partial charge is 0.261 e. The van der Waals surface area contributed by atoms with Crippen LogP contribution in [0.5, 0.6) is 0 Å². The highest BCUT2D eigenvalue weighted by Gasteiger charge is 2.22. The minimum Gasteiger partial charge on any atom is -0.344 e. The fraction of sp³-hybridized carbons (Fsp3) is 0.250. The van der Waals surface area contributed by atoms with Gasteiger partial charge in [-0.25, -0.2) is 0 Å². The second-order valence-corrected chi connectivity index (χ2v) is 7.59. The first-order valence-corrected chi connectivity index (χ1v) is 10.2. The lowest BCUT2D eigenvalue weighted by Crippen LogP contribution is -2.27. The molecule has 2 aromatic carbocycles. The second kappa shape index (κ2) is 9.10. The minimum atomic E-state index is -0.454. The fourth-order valence-electron chi connectivity index (χ4n) is 3.43. The number of carbonyl (C=O) groups is 1. The zero-order valence-corrected chi connectivity index (χ0v) is 17.7. The third kappa shape index (κ3) is 4.60. The molecule has 0 aliphatic rings. The van der Waals surface area contributed by atoms with Gasteiger partial charge in [-0.1, -0.05) is 60.8 Å². The highest BCUT2D eigenvalue weighted by atomic mass is 35.5. The summed E-state index contributed by atoms with van der Waals surface area (Å²) in [6.07, 6.45) is 1.97. The van der Waals surface area contributed by atoms with E-state index in [0.29, 0.717) is 16.4 Å². The SMILES string of the molecule is CCCCn1c(C)cc(=O)c(C(=O)Nc2ccccc2Cl)c1-c1cccc(C)c1. The largest absolute Gasteiger partial charge is 0.344 e. The lowest BCUT2D eigenvalue weighted by molar-refractivity contribution is 0.102. The van der Waals surface area contributed by atoms with E-state index in [1.165, 1.54) is 6.07 Å². The standard InChI is InChI=1S/C24H25ClN2O2/c1-4-5-13-27-17(3)15-21(28)22(23(27)18-10-8-9-16(2)14-18)24(29)26-20-12-7-6-11-19(20)25/h6-12,14-15H,4-5,13H2,1-3H3,(H,26,29). The number of amides is 1. The Labute approximate surface area is 176 Å². The lowest BCUT2D eigenvalue weighted by atomic mass is 10.0. The minimum absolute atomic E-state index is 0.136. The highest BCUT2D eigenvalue weighted by Crippen LogP contribution is 2.27. The molecule has 0 bridgehead atoms. The van der Waals surface area contributed by atoms with Gasteiger partial charge >= 0.3 is 0 Å². The van der Waals surface area contributed by atoms with Crippen LogP contribution in [0.15, 0.2) is 59.4 Å². The number of anilines is 1. The number of halogens is 1. The van der Waals surface area contributed by atoms with E-state index >= 15 is 0 Å². The summed E-state index contributed by atoms with van der Waals surface area (Å²) < 4.78 is 2.07. The van der Waals surface area contributed by atoms with E-state index < -0.39 is 5.91 Å². The van der Waals surface area contributed by atoms with Gasteiger partial charge in [0.15, 0.2) is 5.43 Å². The Hall–Kier alpha value is -2.85. The van der Waals surface area contributed by atoms with E-state index in [1.54, 1.807) is 24.3 Å². The zero-order chi connectivity index (χ0) is 21.0. The van der Waals surface area contributed by atoms with Crippen LogP contribution in [0.2, 0.25) is 5.02 Å². The lowest BCUT2D eigenvalue weighted by Gasteiger charge is -2.20. The Bertz CT molecular complexity index is 1100. The fourth-order valence-corrected chi connectivity index (χ4v) is 3.61. The first kappa shape index (κ1) is 20.9. The molecule has 3 aromatic rings. The molecule has 0 aliphatic heterocycles. The number of para-hydroxylation sites is 1. The summed E-state index contributed by atoms with van der Waals surface area (Å²) in [7, 11) is 0. The number of benzene rings is 2. The average molecular weight is 409 g/mol. The summed E-state index contributed by atoms with van der Waals surface area (Å²) in [6.45, 7) is 6.76. The molecule has 0 aliphatic carbocycles. The van der Waals surface area contributed by atoms with Crippen LogP contribution in [-0.2, 0) is 6.54 Å². The third-order valence-corrected chi connectivity index (χ3v) is 5.22. The first-order chi connectivity index (χ1) is 13.9. The molecule has 4 nitrogen and oxygen atoms in total. The van der Waals surface area contributed by atoms with Crippen LogP contribution in [0.1, 0.15) is 41.4 Å². The molecule has 1 heterocycles. The van der Waals surface area contributed by atoms with Crippen molar-refractivity contribution in [3.63, 3.8) is 0 Å². The van der Waals surface area contributed by atoms with E-state index in [2.05, 4.69) is 16.8 Å². The van der Waals surface area contributed by atoms with Crippen LogP contribution in [0.25, 0.3) is 11.3 Å². The topological polar surface area (TPSA) is 51.1 Å². The van der Waals surface area contributed by atoms with Crippen LogP contribution in [-0.4, -0.2) is 10.5 Å². The van der Waals surface area contributed by atoms with Crippen molar-refractivity contribution in [2.45, 2.75) is 40.2 Å². The number of hydrogen-bond acceptors (Lipinski definition) is 2.